The molecule has 3 rings (SSSR count). The molecule has 30 heavy (non-hydrogen) atoms. The summed E-state index contributed by atoms with van der Waals surface area (Å²) in [6, 6.07) is 9.52. The van der Waals surface area contributed by atoms with Crippen LogP contribution < -0.4 is 11.1 Å². The fourth-order valence-corrected chi connectivity index (χ4v) is 2.88. The molecule has 1 heterocycles. The van der Waals surface area contributed by atoms with E-state index in [-0.39, 0.29) is 29.3 Å². The quantitative estimate of drug-likeness (QED) is 0.577. The molecule has 0 saturated carbocycles. The van der Waals surface area contributed by atoms with Crippen LogP contribution in [0, 0.1) is 18.6 Å². The number of nitrogens with two attached hydrogens (primary N) is 1. The largest absolute Gasteiger partial charge is 0.435 e. The van der Waals surface area contributed by atoms with Crippen molar-refractivity contribution in [2.45, 2.75) is 19.4 Å². The van der Waals surface area contributed by atoms with Crippen LogP contribution in [0.1, 0.15) is 22.0 Å². The first kappa shape index (κ1) is 20.8. The number of Topliss-reactive ketones (excluding diaryl/α,β-unsaturated/α-hetero) is 1. The van der Waals surface area contributed by atoms with E-state index in [1.807, 2.05) is 0 Å². The summed E-state index contributed by atoms with van der Waals surface area (Å²) in [6.45, 7) is 1.48. The molecule has 0 saturated heterocycles. The molecule has 3 aromatic rings. The Hall–Kier alpha value is -3.88. The molecule has 0 bridgehead atoms. The van der Waals surface area contributed by atoms with Gasteiger partial charge in [-0.25, -0.2) is 13.8 Å². The number of nitrogens with zero attached hydrogens (tertiary/aromatic N) is 1. The van der Waals surface area contributed by atoms with Crippen molar-refractivity contribution < 1.29 is 27.6 Å². The molecule has 2 amide bonds. The minimum atomic E-state index is -1.33. The lowest BCUT2D eigenvalue weighted by Gasteiger charge is -2.16. The fourth-order valence-electron chi connectivity index (χ4n) is 2.88. The second-order valence-electron chi connectivity index (χ2n) is 6.48. The number of aromatic nitrogens is 1. The Balaban J connectivity index is 1.91. The molecule has 0 radical (unpaired) electrons. The van der Waals surface area contributed by atoms with Crippen LogP contribution in [0.2, 0.25) is 0 Å². The van der Waals surface area contributed by atoms with Gasteiger partial charge < -0.3 is 15.5 Å². The smallest absolute Gasteiger partial charge is 0.290 e. The Kier molecular flexibility index (Phi) is 6.01. The highest BCUT2D eigenvalue weighted by atomic mass is 19.1. The molecule has 7 nitrogen and oxygen atoms in total. The molecule has 0 aliphatic rings. The maximum Gasteiger partial charge on any atom is 0.290 e. The lowest BCUT2D eigenvalue weighted by Crippen LogP contribution is -2.47. The number of benzene rings is 2. The van der Waals surface area contributed by atoms with Crippen molar-refractivity contribution in [3.63, 3.8) is 0 Å². The van der Waals surface area contributed by atoms with E-state index in [1.54, 1.807) is 6.07 Å². The number of halogens is 2. The summed E-state index contributed by atoms with van der Waals surface area (Å²) in [4.78, 5) is 40.5. The first-order valence-electron chi connectivity index (χ1n) is 8.87. The van der Waals surface area contributed by atoms with Crippen molar-refractivity contribution in [1.82, 2.24) is 10.3 Å². The van der Waals surface area contributed by atoms with Crippen LogP contribution >= 0.6 is 0 Å². The molecular formula is C21H17F2N3O4. The highest BCUT2D eigenvalue weighted by Crippen LogP contribution is 2.26. The zero-order chi connectivity index (χ0) is 21.8. The monoisotopic (exact) mass is 413 g/mol. The summed E-state index contributed by atoms with van der Waals surface area (Å²) in [6.07, 6.45) is -0.115. The van der Waals surface area contributed by atoms with E-state index >= 15 is 0 Å². The topological polar surface area (TPSA) is 115 Å². The van der Waals surface area contributed by atoms with Crippen molar-refractivity contribution in [2.24, 2.45) is 5.73 Å². The first-order valence-corrected chi connectivity index (χ1v) is 8.87. The summed E-state index contributed by atoms with van der Waals surface area (Å²) in [5, 5.41) is 2.38. The maximum atomic E-state index is 14.2. The molecule has 0 aliphatic heterocycles. The van der Waals surface area contributed by atoms with E-state index in [4.69, 9.17) is 10.2 Å². The van der Waals surface area contributed by atoms with Gasteiger partial charge in [-0.15, -0.1) is 0 Å². The number of hydrogen-bond acceptors (Lipinski definition) is 5. The SMILES string of the molecule is Cc1nc(-c2ccccc2F)c(C(=O)NC(Cc2ccc(F)cc2)C(=O)C(N)=O)o1. The molecule has 9 heteroatoms. The second kappa shape index (κ2) is 8.64. The van der Waals surface area contributed by atoms with Gasteiger partial charge in [0.05, 0.1) is 0 Å². The first-order chi connectivity index (χ1) is 14.3. The standard InChI is InChI=1S/C21H17F2N3O4/c1-11-25-17(14-4-2-3-5-15(14)23)19(30-11)21(29)26-16(18(27)20(24)28)10-12-6-8-13(22)9-7-12/h2-9,16H,10H2,1H3,(H2,24,28)(H,26,29). The third-order valence-electron chi connectivity index (χ3n) is 4.29. The highest BCUT2D eigenvalue weighted by Gasteiger charge is 2.29. The van der Waals surface area contributed by atoms with Gasteiger partial charge in [0.25, 0.3) is 11.8 Å². The molecular weight excluding hydrogens is 396 g/mol. The van der Waals surface area contributed by atoms with Crippen molar-refractivity contribution in [3.8, 4) is 11.3 Å². The predicted molar refractivity (Wildman–Crippen MR) is 102 cm³/mol. The number of aryl methyl sites for hydroxylation is 1. The number of nitrogens with one attached hydrogen (secondary N) is 1. The summed E-state index contributed by atoms with van der Waals surface area (Å²) in [7, 11) is 0. The van der Waals surface area contributed by atoms with Crippen molar-refractivity contribution >= 4 is 17.6 Å². The predicted octanol–water partition coefficient (Wildman–Crippen LogP) is 2.32. The maximum absolute atomic E-state index is 14.2. The Bertz CT molecular complexity index is 1110. The van der Waals surface area contributed by atoms with Gasteiger partial charge in [-0.3, -0.25) is 14.4 Å². The average Bonchev–Trinajstić information content (AvgIpc) is 3.10. The van der Waals surface area contributed by atoms with Gasteiger partial charge in [0.1, 0.15) is 23.4 Å². The summed E-state index contributed by atoms with van der Waals surface area (Å²) >= 11 is 0. The van der Waals surface area contributed by atoms with E-state index in [0.29, 0.717) is 5.56 Å². The van der Waals surface area contributed by atoms with Crippen molar-refractivity contribution in [2.75, 3.05) is 0 Å². The van der Waals surface area contributed by atoms with Crippen molar-refractivity contribution in [1.29, 1.82) is 0 Å². The Morgan fingerprint density at radius 2 is 1.77 bits per heavy atom. The van der Waals surface area contributed by atoms with Crippen LogP contribution in [-0.4, -0.2) is 28.6 Å². The van der Waals surface area contributed by atoms with Gasteiger partial charge in [0.15, 0.2) is 5.89 Å². The number of carbonyl (C=O) groups is 3. The van der Waals surface area contributed by atoms with Crippen LogP contribution in [0.25, 0.3) is 11.3 Å². The minimum absolute atomic E-state index is 0.0378. The summed E-state index contributed by atoms with van der Waals surface area (Å²) in [5.41, 5.74) is 5.57. The summed E-state index contributed by atoms with van der Waals surface area (Å²) < 4.78 is 32.6. The van der Waals surface area contributed by atoms with E-state index in [1.165, 1.54) is 49.4 Å². The van der Waals surface area contributed by atoms with Gasteiger partial charge in [0.2, 0.25) is 11.5 Å². The van der Waals surface area contributed by atoms with Gasteiger partial charge in [-0.05, 0) is 29.8 Å². The molecule has 1 unspecified atom stereocenters. The Morgan fingerprint density at radius 1 is 1.10 bits per heavy atom. The molecule has 1 atom stereocenters. The van der Waals surface area contributed by atoms with Crippen molar-refractivity contribution in [3.05, 3.63) is 77.4 Å². The van der Waals surface area contributed by atoms with Crippen LogP contribution in [0.15, 0.2) is 52.9 Å². The molecule has 3 N–H and O–H groups in total. The third-order valence-corrected chi connectivity index (χ3v) is 4.29. The second-order valence-corrected chi connectivity index (χ2v) is 6.48. The number of oxazole rings is 1. The number of hydrogen-bond donors (Lipinski definition) is 2. The van der Waals surface area contributed by atoms with Crippen LogP contribution in [0.4, 0.5) is 8.78 Å². The van der Waals surface area contributed by atoms with Gasteiger partial charge in [-0.2, -0.15) is 0 Å². The highest BCUT2D eigenvalue weighted by molar-refractivity contribution is 6.38. The summed E-state index contributed by atoms with van der Waals surface area (Å²) in [5.74, 6) is -4.48. The zero-order valence-corrected chi connectivity index (χ0v) is 15.8. The molecule has 0 fully saturated rings. The average molecular weight is 413 g/mol. The number of carbonyl (C=O) groups excluding carboxylic acids is 3. The van der Waals surface area contributed by atoms with Crippen LogP contribution in [0.3, 0.4) is 0 Å². The number of rotatable bonds is 7. The Labute approximate surface area is 169 Å². The molecule has 2 aromatic carbocycles. The number of primary amides is 1. The van der Waals surface area contributed by atoms with E-state index in [9.17, 15) is 23.2 Å². The normalized spacial score (nSPS) is 11.7. The zero-order valence-electron chi connectivity index (χ0n) is 15.8. The van der Waals surface area contributed by atoms with Crippen LogP contribution in [0.5, 0.6) is 0 Å². The van der Waals surface area contributed by atoms with Gasteiger partial charge in [-0.1, -0.05) is 24.3 Å². The lowest BCUT2D eigenvalue weighted by molar-refractivity contribution is -0.137. The fraction of sp³-hybridized carbons (Fsp3) is 0.143. The Morgan fingerprint density at radius 3 is 2.40 bits per heavy atom. The van der Waals surface area contributed by atoms with Gasteiger partial charge >= 0.3 is 0 Å². The lowest BCUT2D eigenvalue weighted by atomic mass is 10.0. The third kappa shape index (κ3) is 4.57. The van der Waals surface area contributed by atoms with E-state index in [0.717, 1.165) is 0 Å². The molecule has 0 spiro atoms. The van der Waals surface area contributed by atoms with E-state index in [2.05, 4.69) is 10.3 Å². The minimum Gasteiger partial charge on any atom is -0.435 e. The molecule has 1 aromatic heterocycles. The molecule has 154 valence electrons. The molecule has 0 aliphatic carbocycles. The van der Waals surface area contributed by atoms with E-state index < -0.39 is 35.3 Å². The number of amides is 2. The number of ketones is 1. The van der Waals surface area contributed by atoms with Gasteiger partial charge in [0, 0.05) is 18.9 Å². The van der Waals surface area contributed by atoms with Crippen LogP contribution in [-0.2, 0) is 16.0 Å².